The van der Waals surface area contributed by atoms with Gasteiger partial charge in [0.15, 0.2) is 11.6 Å². The van der Waals surface area contributed by atoms with Crippen molar-refractivity contribution in [2.24, 2.45) is 0 Å². The summed E-state index contributed by atoms with van der Waals surface area (Å²) >= 11 is 8.93. The maximum absolute atomic E-state index is 14.3. The molecule has 0 unspecified atom stereocenters. The number of nitrogens with one attached hydrogen (secondary N) is 2. The lowest BCUT2D eigenvalue weighted by atomic mass is 10.1. The average molecular weight is 586 g/mol. The molecular formula is C21H16BrClF2N6O3S. The molecule has 2 aliphatic heterocycles. The van der Waals surface area contributed by atoms with E-state index in [-0.39, 0.29) is 9.92 Å². The second-order valence-corrected chi connectivity index (χ2v) is 10.8. The Morgan fingerprint density at radius 1 is 1.06 bits per heavy atom. The van der Waals surface area contributed by atoms with Crippen LogP contribution in [0.15, 0.2) is 46.0 Å². The summed E-state index contributed by atoms with van der Waals surface area (Å²) in [6, 6.07) is 3.94. The van der Waals surface area contributed by atoms with E-state index in [1.54, 1.807) is 17.3 Å². The molecule has 3 aromatic rings. The maximum atomic E-state index is 14.3. The van der Waals surface area contributed by atoms with E-state index in [9.17, 15) is 22.0 Å². The van der Waals surface area contributed by atoms with Crippen LogP contribution in [0.3, 0.4) is 0 Å². The zero-order valence-electron chi connectivity index (χ0n) is 17.7. The zero-order chi connectivity index (χ0) is 24.9. The van der Waals surface area contributed by atoms with Crippen LogP contribution in [0.5, 0.6) is 0 Å². The number of carbonyl (C=O) groups is 1. The van der Waals surface area contributed by atoms with Crippen LogP contribution in [0.1, 0.15) is 5.56 Å². The van der Waals surface area contributed by atoms with Crippen molar-refractivity contribution in [1.82, 2.24) is 15.3 Å². The molecular weight excluding hydrogens is 570 g/mol. The van der Waals surface area contributed by atoms with Gasteiger partial charge in [0.25, 0.3) is 10.0 Å². The van der Waals surface area contributed by atoms with E-state index in [0.717, 1.165) is 12.1 Å². The van der Waals surface area contributed by atoms with Gasteiger partial charge in [0.05, 0.1) is 20.7 Å². The van der Waals surface area contributed by atoms with Crippen LogP contribution >= 0.6 is 27.5 Å². The highest BCUT2D eigenvalue weighted by molar-refractivity contribution is 9.10. The number of benzene rings is 2. The molecule has 5 rings (SSSR count). The molecule has 9 nitrogen and oxygen atoms in total. The van der Waals surface area contributed by atoms with Crippen LogP contribution in [0.2, 0.25) is 5.02 Å². The lowest BCUT2D eigenvalue weighted by Gasteiger charge is -2.25. The highest BCUT2D eigenvalue weighted by atomic mass is 79.9. The number of anilines is 4. The Hall–Kier alpha value is -3.03. The van der Waals surface area contributed by atoms with Gasteiger partial charge in [0.1, 0.15) is 5.69 Å². The minimum atomic E-state index is -4.44. The van der Waals surface area contributed by atoms with Gasteiger partial charge >= 0.3 is 6.03 Å². The molecule has 2 aromatic carbocycles. The third-order valence-corrected chi connectivity index (χ3v) is 7.52. The number of aromatic nitrogens is 2. The minimum Gasteiger partial charge on any atom is -0.336 e. The van der Waals surface area contributed by atoms with E-state index >= 15 is 0 Å². The summed E-state index contributed by atoms with van der Waals surface area (Å²) in [5.74, 6) is -1.93. The number of amides is 2. The Labute approximate surface area is 212 Å². The fourth-order valence-corrected chi connectivity index (χ4v) is 5.58. The summed E-state index contributed by atoms with van der Waals surface area (Å²) < 4.78 is 57.6. The Morgan fingerprint density at radius 2 is 1.74 bits per heavy atom. The summed E-state index contributed by atoms with van der Waals surface area (Å²) in [5.41, 5.74) is 0.678. The van der Waals surface area contributed by atoms with E-state index in [1.165, 1.54) is 17.0 Å². The van der Waals surface area contributed by atoms with Crippen LogP contribution in [0.4, 0.5) is 36.6 Å². The first-order chi connectivity index (χ1) is 16.6. The van der Waals surface area contributed by atoms with Crippen molar-refractivity contribution in [2.75, 3.05) is 34.2 Å². The normalized spacial score (nSPS) is 15.4. The van der Waals surface area contributed by atoms with Gasteiger partial charge in [-0.2, -0.15) is 0 Å². The third-order valence-electron chi connectivity index (χ3n) is 5.57. The van der Waals surface area contributed by atoms with Gasteiger partial charge in [-0.25, -0.2) is 32.0 Å². The van der Waals surface area contributed by atoms with Crippen LogP contribution in [0.25, 0.3) is 0 Å². The fourth-order valence-electron chi connectivity index (χ4n) is 4.04. The number of fused-ring (bicyclic) bond motifs is 1. The van der Waals surface area contributed by atoms with E-state index in [2.05, 4.69) is 31.2 Å². The molecule has 3 heterocycles. The Bertz CT molecular complexity index is 1440. The van der Waals surface area contributed by atoms with E-state index in [1.807, 2.05) is 4.72 Å². The summed E-state index contributed by atoms with van der Waals surface area (Å²) in [5, 5.41) is 2.48. The van der Waals surface area contributed by atoms with Gasteiger partial charge < -0.3 is 10.2 Å². The Kier molecular flexibility index (Phi) is 6.01. The Balaban J connectivity index is 1.62. The molecule has 0 bridgehead atoms. The van der Waals surface area contributed by atoms with Gasteiger partial charge in [-0.3, -0.25) is 9.62 Å². The van der Waals surface area contributed by atoms with Gasteiger partial charge in [-0.15, -0.1) is 0 Å². The number of rotatable bonds is 5. The number of sulfonamides is 1. The van der Waals surface area contributed by atoms with Gasteiger partial charge in [0, 0.05) is 37.1 Å². The van der Waals surface area contributed by atoms with Crippen molar-refractivity contribution in [3.63, 3.8) is 0 Å². The number of urea groups is 1. The van der Waals surface area contributed by atoms with Gasteiger partial charge in [-0.1, -0.05) is 11.6 Å². The predicted octanol–water partition coefficient (Wildman–Crippen LogP) is 4.20. The molecule has 35 heavy (non-hydrogen) atoms. The predicted molar refractivity (Wildman–Crippen MR) is 130 cm³/mol. The number of nitrogens with zero attached hydrogens (tertiary/aromatic N) is 4. The maximum Gasteiger partial charge on any atom is 0.322 e. The lowest BCUT2D eigenvalue weighted by Crippen LogP contribution is -2.30. The second kappa shape index (κ2) is 8.88. The Morgan fingerprint density at radius 3 is 2.37 bits per heavy atom. The molecule has 1 aromatic heterocycles. The number of hydrogen-bond acceptors (Lipinski definition) is 6. The van der Waals surface area contributed by atoms with Crippen LogP contribution in [-0.2, 0) is 16.4 Å². The highest BCUT2D eigenvalue weighted by Crippen LogP contribution is 2.43. The molecule has 0 saturated carbocycles. The highest BCUT2D eigenvalue weighted by Gasteiger charge is 2.34. The first-order valence-corrected chi connectivity index (χ1v) is 12.9. The van der Waals surface area contributed by atoms with Gasteiger partial charge in [0.2, 0.25) is 5.95 Å². The molecule has 2 N–H and O–H groups in total. The molecule has 0 aliphatic carbocycles. The molecule has 1 saturated heterocycles. The van der Waals surface area contributed by atoms with Crippen LogP contribution < -0.4 is 19.8 Å². The number of hydrogen-bond donors (Lipinski definition) is 2. The molecule has 182 valence electrons. The minimum absolute atomic E-state index is 0.210. The second-order valence-electron chi connectivity index (χ2n) is 7.79. The quantitative estimate of drug-likeness (QED) is 0.465. The van der Waals surface area contributed by atoms with E-state index < -0.39 is 33.4 Å². The van der Waals surface area contributed by atoms with Crippen molar-refractivity contribution < 1.29 is 22.0 Å². The van der Waals surface area contributed by atoms with Crippen molar-refractivity contribution >= 4 is 66.6 Å². The van der Waals surface area contributed by atoms with Crippen molar-refractivity contribution in [2.45, 2.75) is 11.3 Å². The molecule has 1 fully saturated rings. The van der Waals surface area contributed by atoms with E-state index in [4.69, 9.17) is 11.6 Å². The molecule has 0 atom stereocenters. The summed E-state index contributed by atoms with van der Waals surface area (Å²) in [6.45, 7) is 1.12. The lowest BCUT2D eigenvalue weighted by molar-refractivity contribution is 0.252. The van der Waals surface area contributed by atoms with Crippen molar-refractivity contribution in [1.29, 1.82) is 0 Å². The van der Waals surface area contributed by atoms with E-state index in [0.29, 0.717) is 53.4 Å². The summed E-state index contributed by atoms with van der Waals surface area (Å²) in [7, 11) is -4.44. The molecule has 14 heteroatoms. The monoisotopic (exact) mass is 584 g/mol. The largest absolute Gasteiger partial charge is 0.336 e. The van der Waals surface area contributed by atoms with Crippen LogP contribution in [-0.4, -0.2) is 44.1 Å². The van der Waals surface area contributed by atoms with Gasteiger partial charge in [-0.05, 0) is 52.2 Å². The average Bonchev–Trinajstić information content (AvgIpc) is 3.42. The van der Waals surface area contributed by atoms with Crippen LogP contribution in [0, 0.1) is 11.6 Å². The zero-order valence-corrected chi connectivity index (χ0v) is 20.9. The first-order valence-electron chi connectivity index (χ1n) is 10.3. The summed E-state index contributed by atoms with van der Waals surface area (Å²) in [4.78, 5) is 24.1. The summed E-state index contributed by atoms with van der Waals surface area (Å²) in [6.07, 6.45) is 3.60. The molecule has 2 aliphatic rings. The third kappa shape index (κ3) is 4.39. The SMILES string of the molecule is O=C1NCCN1c1cc(S(=O)(=O)Nc2c(F)cc(Cl)cc2F)cc2c1N(c1ncc(Br)cn1)CC2. The molecule has 2 amide bonds. The topological polar surface area (TPSA) is 108 Å². The number of carbonyl (C=O) groups excluding carboxylic acids is 1. The first kappa shape index (κ1) is 23.7. The standard InChI is InChI=1S/C21H16BrClF2N6O3S/c22-12-9-27-20(28-10-12)31-3-1-11-5-14(8-17(19(11)31)30-4-2-26-21(30)32)35(33,34)29-18-15(24)6-13(23)7-16(18)25/h5-10,29H,1-4H2,(H,26,32). The van der Waals surface area contributed by atoms with Crippen molar-refractivity contribution in [3.05, 3.63) is 63.4 Å². The molecule has 0 radical (unpaired) electrons. The van der Waals surface area contributed by atoms with Crippen molar-refractivity contribution in [3.8, 4) is 0 Å². The smallest absolute Gasteiger partial charge is 0.322 e. The molecule has 0 spiro atoms. The number of halogens is 4. The fraction of sp³-hybridized carbons (Fsp3) is 0.190.